The van der Waals surface area contributed by atoms with Crippen molar-refractivity contribution in [1.82, 2.24) is 15.1 Å². The van der Waals surface area contributed by atoms with Crippen LogP contribution in [0.1, 0.15) is 48.1 Å². The molecule has 6 nitrogen and oxygen atoms in total. The fourth-order valence-electron chi connectivity index (χ4n) is 3.73. The summed E-state index contributed by atoms with van der Waals surface area (Å²) in [5, 5.41) is 6.21. The average molecular weight is 327 g/mol. The molecule has 2 atom stereocenters. The first kappa shape index (κ1) is 15.2. The van der Waals surface area contributed by atoms with E-state index >= 15 is 0 Å². The molecule has 4 rings (SSSR count). The third-order valence-corrected chi connectivity index (χ3v) is 5.19. The van der Waals surface area contributed by atoms with E-state index in [2.05, 4.69) is 41.4 Å². The highest BCUT2D eigenvalue weighted by molar-refractivity contribution is 5.83. The van der Waals surface area contributed by atoms with Gasteiger partial charge >= 0.3 is 5.76 Å². The molecule has 0 spiro atoms. The van der Waals surface area contributed by atoms with Gasteiger partial charge < -0.3 is 9.32 Å². The lowest BCUT2D eigenvalue weighted by molar-refractivity contribution is -0.133. The van der Waals surface area contributed by atoms with Gasteiger partial charge in [-0.1, -0.05) is 29.8 Å². The number of carbonyl (C=O) groups is 1. The number of aromatic amines is 1. The first-order chi connectivity index (χ1) is 11.6. The highest BCUT2D eigenvalue weighted by Gasteiger charge is 2.46. The first-order valence-corrected chi connectivity index (χ1v) is 8.52. The second-order valence-electron chi connectivity index (χ2n) is 6.91. The number of aryl methyl sites for hydroxylation is 1. The van der Waals surface area contributed by atoms with E-state index in [0.717, 1.165) is 19.3 Å². The van der Waals surface area contributed by atoms with Crippen molar-refractivity contribution in [2.24, 2.45) is 5.92 Å². The van der Waals surface area contributed by atoms with Gasteiger partial charge in [-0.25, -0.2) is 9.89 Å². The summed E-state index contributed by atoms with van der Waals surface area (Å²) in [6, 6.07) is 8.45. The number of hydrogen-bond acceptors (Lipinski definition) is 4. The van der Waals surface area contributed by atoms with Gasteiger partial charge in [-0.05, 0) is 37.7 Å². The van der Waals surface area contributed by atoms with Crippen molar-refractivity contribution >= 4 is 5.91 Å². The summed E-state index contributed by atoms with van der Waals surface area (Å²) in [6.07, 6.45) is 2.54. The minimum Gasteiger partial charge on any atom is -0.392 e. The van der Waals surface area contributed by atoms with Crippen LogP contribution in [0.2, 0.25) is 0 Å². The van der Waals surface area contributed by atoms with E-state index < -0.39 is 5.76 Å². The second kappa shape index (κ2) is 5.92. The molecule has 6 heteroatoms. The molecule has 1 N–H and O–H groups in total. The monoisotopic (exact) mass is 327 g/mol. The molecule has 1 saturated carbocycles. The zero-order valence-electron chi connectivity index (χ0n) is 13.7. The molecule has 126 valence electrons. The lowest BCUT2D eigenvalue weighted by Crippen LogP contribution is -2.39. The Morgan fingerprint density at radius 3 is 2.79 bits per heavy atom. The smallest absolute Gasteiger partial charge is 0.392 e. The van der Waals surface area contributed by atoms with Gasteiger partial charge in [0.1, 0.15) is 0 Å². The van der Waals surface area contributed by atoms with Crippen molar-refractivity contribution in [1.29, 1.82) is 0 Å². The van der Waals surface area contributed by atoms with Crippen molar-refractivity contribution in [3.8, 4) is 0 Å². The molecule has 2 heterocycles. The largest absolute Gasteiger partial charge is 0.434 e. The molecule has 2 aromatic rings. The first-order valence-electron chi connectivity index (χ1n) is 8.52. The number of H-pyrrole nitrogens is 1. The van der Waals surface area contributed by atoms with Gasteiger partial charge in [0.15, 0.2) is 0 Å². The maximum Gasteiger partial charge on any atom is 0.434 e. The van der Waals surface area contributed by atoms with Gasteiger partial charge in [0.05, 0.1) is 0 Å². The maximum atomic E-state index is 12.7. The van der Waals surface area contributed by atoms with Crippen LogP contribution in [-0.4, -0.2) is 34.1 Å². The molecule has 1 aliphatic heterocycles. The third-order valence-electron chi connectivity index (χ3n) is 5.19. The number of piperidine rings is 1. The molecule has 1 aliphatic carbocycles. The molecule has 1 amide bonds. The minimum atomic E-state index is -0.512. The molecule has 0 unspecified atom stereocenters. The van der Waals surface area contributed by atoms with E-state index in [0.29, 0.717) is 24.9 Å². The molecule has 1 aromatic carbocycles. The van der Waals surface area contributed by atoms with Crippen LogP contribution in [0.4, 0.5) is 0 Å². The summed E-state index contributed by atoms with van der Waals surface area (Å²) in [5.41, 5.74) is 2.52. The second-order valence-corrected chi connectivity index (χ2v) is 6.91. The van der Waals surface area contributed by atoms with Crippen LogP contribution in [0.3, 0.4) is 0 Å². The quantitative estimate of drug-likeness (QED) is 0.937. The fraction of sp³-hybridized carbons (Fsp3) is 0.500. The van der Waals surface area contributed by atoms with Crippen LogP contribution in [0, 0.1) is 12.8 Å². The summed E-state index contributed by atoms with van der Waals surface area (Å²) in [5.74, 6) is 0.855. The SMILES string of the molecule is Cc1cccc([C@@H]2C[C@H]2C(=O)N2CCC(c3n[nH]c(=O)o3)CC2)c1. The van der Waals surface area contributed by atoms with Crippen molar-refractivity contribution < 1.29 is 9.21 Å². The molecular weight excluding hydrogens is 306 g/mol. The van der Waals surface area contributed by atoms with E-state index in [4.69, 9.17) is 4.42 Å². The highest BCUT2D eigenvalue weighted by atomic mass is 16.4. The van der Waals surface area contributed by atoms with Gasteiger partial charge in [0.25, 0.3) is 0 Å². The lowest BCUT2D eigenvalue weighted by atomic mass is 9.96. The predicted molar refractivity (Wildman–Crippen MR) is 87.7 cm³/mol. The van der Waals surface area contributed by atoms with Crippen LogP contribution in [0.15, 0.2) is 33.5 Å². The van der Waals surface area contributed by atoms with Gasteiger partial charge in [0, 0.05) is 24.9 Å². The molecule has 1 aromatic heterocycles. The molecule has 24 heavy (non-hydrogen) atoms. The predicted octanol–water partition coefficient (Wildman–Crippen LogP) is 2.18. The van der Waals surface area contributed by atoms with Gasteiger partial charge in [0.2, 0.25) is 11.8 Å². The Morgan fingerprint density at radius 1 is 1.33 bits per heavy atom. The number of benzene rings is 1. The van der Waals surface area contributed by atoms with Crippen molar-refractivity contribution in [2.45, 2.75) is 38.0 Å². The summed E-state index contributed by atoms with van der Waals surface area (Å²) < 4.78 is 5.04. The number of rotatable bonds is 3. The zero-order valence-corrected chi connectivity index (χ0v) is 13.7. The number of carbonyl (C=O) groups excluding carboxylic acids is 1. The fourth-order valence-corrected chi connectivity index (χ4v) is 3.73. The Bertz CT molecular complexity index is 802. The van der Waals surface area contributed by atoms with Crippen LogP contribution >= 0.6 is 0 Å². The van der Waals surface area contributed by atoms with Crippen molar-refractivity contribution in [2.75, 3.05) is 13.1 Å². The van der Waals surface area contributed by atoms with Crippen molar-refractivity contribution in [3.63, 3.8) is 0 Å². The Morgan fingerprint density at radius 2 is 2.12 bits per heavy atom. The lowest BCUT2D eigenvalue weighted by Gasteiger charge is -2.30. The third kappa shape index (κ3) is 2.88. The summed E-state index contributed by atoms with van der Waals surface area (Å²) in [4.78, 5) is 25.7. The van der Waals surface area contributed by atoms with Crippen LogP contribution in [0.5, 0.6) is 0 Å². The van der Waals surface area contributed by atoms with Gasteiger partial charge in [-0.3, -0.25) is 4.79 Å². The number of likely N-dealkylation sites (tertiary alicyclic amines) is 1. The summed E-state index contributed by atoms with van der Waals surface area (Å²) in [6.45, 7) is 3.50. The molecular formula is C18H21N3O3. The molecule has 0 bridgehead atoms. The van der Waals surface area contributed by atoms with Gasteiger partial charge in [-0.15, -0.1) is 5.10 Å². The van der Waals surface area contributed by atoms with E-state index in [-0.39, 0.29) is 17.7 Å². The average Bonchev–Trinajstić information content (AvgIpc) is 3.28. The number of nitrogens with one attached hydrogen (secondary N) is 1. The van der Waals surface area contributed by atoms with Gasteiger partial charge in [-0.2, -0.15) is 0 Å². The Kier molecular flexibility index (Phi) is 3.75. The highest BCUT2D eigenvalue weighted by Crippen LogP contribution is 2.49. The zero-order chi connectivity index (χ0) is 16.7. The summed E-state index contributed by atoms with van der Waals surface area (Å²) in [7, 11) is 0. The molecule has 2 aliphatic rings. The van der Waals surface area contributed by atoms with Crippen LogP contribution in [0.25, 0.3) is 0 Å². The summed E-state index contributed by atoms with van der Waals surface area (Å²) >= 11 is 0. The van der Waals surface area contributed by atoms with E-state index in [1.54, 1.807) is 0 Å². The van der Waals surface area contributed by atoms with Crippen LogP contribution in [-0.2, 0) is 4.79 Å². The molecule has 0 radical (unpaired) electrons. The molecule has 2 fully saturated rings. The normalized spacial score (nSPS) is 24.1. The number of aromatic nitrogens is 2. The van der Waals surface area contributed by atoms with Crippen LogP contribution < -0.4 is 5.76 Å². The topological polar surface area (TPSA) is 79.2 Å². The van der Waals surface area contributed by atoms with E-state index in [1.165, 1.54) is 11.1 Å². The Balaban J connectivity index is 1.35. The minimum absolute atomic E-state index is 0.125. The van der Waals surface area contributed by atoms with Crippen molar-refractivity contribution in [3.05, 3.63) is 51.8 Å². The number of hydrogen-bond donors (Lipinski definition) is 1. The van der Waals surface area contributed by atoms with E-state index in [1.807, 2.05) is 4.90 Å². The Hall–Kier alpha value is -2.37. The standard InChI is InChI=1S/C18H21N3O3/c1-11-3-2-4-13(9-11)14-10-15(14)17(22)21-7-5-12(6-8-21)16-19-20-18(23)24-16/h2-4,9,12,14-15H,5-8,10H2,1H3,(H,20,23)/t14-,15+/m0/s1. The number of amides is 1. The maximum absolute atomic E-state index is 12.7. The van der Waals surface area contributed by atoms with E-state index in [9.17, 15) is 9.59 Å². The molecule has 1 saturated heterocycles. The Labute approximate surface area is 139 Å². The number of nitrogens with zero attached hydrogens (tertiary/aromatic N) is 2.